The summed E-state index contributed by atoms with van der Waals surface area (Å²) in [6, 6.07) is 16.7. The number of nitrogens with zero attached hydrogens (tertiary/aromatic N) is 1. The van der Waals surface area contributed by atoms with Gasteiger partial charge in [-0.05, 0) is 24.1 Å². The van der Waals surface area contributed by atoms with Crippen LogP contribution in [0.1, 0.15) is 11.3 Å². The summed E-state index contributed by atoms with van der Waals surface area (Å²) in [5.41, 5.74) is 2.09. The lowest BCUT2D eigenvalue weighted by Crippen LogP contribution is -2.35. The van der Waals surface area contributed by atoms with Gasteiger partial charge in [0.15, 0.2) is 5.58 Å². The lowest BCUT2D eigenvalue weighted by Gasteiger charge is -2.13. The second-order valence-electron chi connectivity index (χ2n) is 5.83. The average Bonchev–Trinajstić information content (AvgIpc) is 3.02. The Bertz CT molecular complexity index is 873. The highest BCUT2D eigenvalue weighted by atomic mass is 16.5. The van der Waals surface area contributed by atoms with Gasteiger partial charge in [-0.1, -0.05) is 47.6 Å². The van der Waals surface area contributed by atoms with Gasteiger partial charge in [-0.3, -0.25) is 9.59 Å². The standard InChI is InChI=1S/C19H18N2O4/c22-18(11-16-15-8-4-5-9-17(15)25-21-16)20-12-14(19(23)24)10-13-6-2-1-3-7-13/h1-9,14H,10-12H2,(H,20,22)(H,23,24)/t14-/m1/s1. The quantitative estimate of drug-likeness (QED) is 0.690. The summed E-state index contributed by atoms with van der Waals surface area (Å²) >= 11 is 0. The SMILES string of the molecule is O=C(Cc1noc2ccccc12)NC[C@@H](Cc1ccccc1)C(=O)O. The van der Waals surface area contributed by atoms with E-state index in [1.165, 1.54) is 0 Å². The molecule has 2 N–H and O–H groups in total. The molecular formula is C19H18N2O4. The first kappa shape index (κ1) is 16.7. The van der Waals surface area contributed by atoms with Crippen molar-refractivity contribution in [3.63, 3.8) is 0 Å². The minimum Gasteiger partial charge on any atom is -0.481 e. The van der Waals surface area contributed by atoms with Crippen LogP contribution in [0.3, 0.4) is 0 Å². The van der Waals surface area contributed by atoms with Crippen molar-refractivity contribution in [1.29, 1.82) is 0 Å². The van der Waals surface area contributed by atoms with Gasteiger partial charge in [0, 0.05) is 11.9 Å². The smallest absolute Gasteiger partial charge is 0.308 e. The molecule has 6 nitrogen and oxygen atoms in total. The highest BCUT2D eigenvalue weighted by molar-refractivity contribution is 5.86. The van der Waals surface area contributed by atoms with Crippen LogP contribution in [-0.2, 0) is 22.4 Å². The van der Waals surface area contributed by atoms with E-state index in [9.17, 15) is 14.7 Å². The Morgan fingerprint density at radius 1 is 1.08 bits per heavy atom. The summed E-state index contributed by atoms with van der Waals surface area (Å²) in [6.45, 7) is 0.0683. The normalized spacial score (nSPS) is 12.0. The number of amides is 1. The predicted octanol–water partition coefficient (Wildman–Crippen LogP) is 2.43. The molecule has 0 radical (unpaired) electrons. The average molecular weight is 338 g/mol. The summed E-state index contributed by atoms with van der Waals surface area (Å²) in [5, 5.41) is 16.8. The Kier molecular flexibility index (Phi) is 5.09. The molecule has 2 aromatic carbocycles. The minimum absolute atomic E-state index is 0.0503. The number of nitrogens with one attached hydrogen (secondary N) is 1. The Balaban J connectivity index is 1.59. The lowest BCUT2D eigenvalue weighted by atomic mass is 9.99. The van der Waals surface area contributed by atoms with Crippen molar-refractivity contribution in [2.24, 2.45) is 5.92 Å². The van der Waals surface area contributed by atoms with Crippen molar-refractivity contribution in [3.8, 4) is 0 Å². The first-order valence-electron chi connectivity index (χ1n) is 8.00. The number of aromatic nitrogens is 1. The molecule has 128 valence electrons. The molecule has 0 bridgehead atoms. The van der Waals surface area contributed by atoms with E-state index in [2.05, 4.69) is 10.5 Å². The van der Waals surface area contributed by atoms with Gasteiger partial charge < -0.3 is 14.9 Å². The summed E-state index contributed by atoms with van der Waals surface area (Å²) in [7, 11) is 0. The van der Waals surface area contributed by atoms with Crippen molar-refractivity contribution in [3.05, 3.63) is 65.9 Å². The molecule has 0 aliphatic heterocycles. The zero-order chi connectivity index (χ0) is 17.6. The van der Waals surface area contributed by atoms with Crippen molar-refractivity contribution in [2.75, 3.05) is 6.54 Å². The van der Waals surface area contributed by atoms with Gasteiger partial charge in [0.1, 0.15) is 5.69 Å². The summed E-state index contributed by atoms with van der Waals surface area (Å²) < 4.78 is 5.17. The highest BCUT2D eigenvalue weighted by Gasteiger charge is 2.20. The number of carboxylic acid groups (broad SMARTS) is 1. The molecular weight excluding hydrogens is 320 g/mol. The molecule has 1 heterocycles. The Hall–Kier alpha value is -3.15. The van der Waals surface area contributed by atoms with E-state index in [1.807, 2.05) is 48.5 Å². The third-order valence-corrected chi connectivity index (χ3v) is 4.00. The van der Waals surface area contributed by atoms with Crippen LogP contribution in [-0.4, -0.2) is 28.7 Å². The number of aliphatic carboxylic acids is 1. The zero-order valence-corrected chi connectivity index (χ0v) is 13.5. The molecule has 0 saturated heterocycles. The molecule has 3 aromatic rings. The van der Waals surface area contributed by atoms with Crippen LogP contribution in [0.2, 0.25) is 0 Å². The minimum atomic E-state index is -0.934. The molecule has 0 aliphatic rings. The maximum Gasteiger partial charge on any atom is 0.308 e. The van der Waals surface area contributed by atoms with Gasteiger partial charge in [0.05, 0.1) is 12.3 Å². The van der Waals surface area contributed by atoms with E-state index < -0.39 is 11.9 Å². The number of benzene rings is 2. The van der Waals surface area contributed by atoms with Gasteiger partial charge >= 0.3 is 5.97 Å². The molecule has 3 rings (SSSR count). The number of rotatable bonds is 7. The largest absolute Gasteiger partial charge is 0.481 e. The summed E-state index contributed by atoms with van der Waals surface area (Å²) in [4.78, 5) is 23.6. The van der Waals surface area contributed by atoms with Crippen molar-refractivity contribution in [1.82, 2.24) is 10.5 Å². The van der Waals surface area contributed by atoms with Crippen LogP contribution >= 0.6 is 0 Å². The lowest BCUT2D eigenvalue weighted by molar-refractivity contribution is -0.141. The van der Waals surface area contributed by atoms with Crippen LogP contribution in [0.25, 0.3) is 11.0 Å². The first-order chi connectivity index (χ1) is 12.1. The second kappa shape index (κ2) is 7.61. The number of hydrogen-bond donors (Lipinski definition) is 2. The molecule has 1 aromatic heterocycles. The first-order valence-corrected chi connectivity index (χ1v) is 8.00. The van der Waals surface area contributed by atoms with Gasteiger partial charge in [0.25, 0.3) is 0 Å². The van der Waals surface area contributed by atoms with Crippen molar-refractivity contribution in [2.45, 2.75) is 12.8 Å². The third kappa shape index (κ3) is 4.23. The van der Waals surface area contributed by atoms with Crippen molar-refractivity contribution >= 4 is 22.8 Å². The number of carboxylic acids is 1. The molecule has 6 heteroatoms. The van der Waals surface area contributed by atoms with Crippen LogP contribution in [0.15, 0.2) is 59.1 Å². The van der Waals surface area contributed by atoms with E-state index in [0.717, 1.165) is 10.9 Å². The van der Waals surface area contributed by atoms with Crippen LogP contribution in [0.5, 0.6) is 0 Å². The fraction of sp³-hybridized carbons (Fsp3) is 0.211. The molecule has 1 amide bonds. The Labute approximate surface area is 144 Å². The van der Waals surface area contributed by atoms with E-state index in [1.54, 1.807) is 6.07 Å². The van der Waals surface area contributed by atoms with E-state index >= 15 is 0 Å². The van der Waals surface area contributed by atoms with Crippen LogP contribution in [0.4, 0.5) is 0 Å². The number of fused-ring (bicyclic) bond motifs is 1. The Morgan fingerprint density at radius 2 is 1.80 bits per heavy atom. The van der Waals surface area contributed by atoms with Gasteiger partial charge in [-0.25, -0.2) is 0 Å². The number of hydrogen-bond acceptors (Lipinski definition) is 4. The molecule has 25 heavy (non-hydrogen) atoms. The number of para-hydroxylation sites is 1. The predicted molar refractivity (Wildman–Crippen MR) is 92.0 cm³/mol. The fourth-order valence-electron chi connectivity index (χ4n) is 2.66. The maximum atomic E-state index is 12.1. The zero-order valence-electron chi connectivity index (χ0n) is 13.5. The van der Waals surface area contributed by atoms with E-state index in [-0.39, 0.29) is 18.9 Å². The summed E-state index contributed by atoms with van der Waals surface area (Å²) in [5.74, 6) is -1.89. The Morgan fingerprint density at radius 3 is 2.56 bits per heavy atom. The molecule has 0 fully saturated rings. The maximum absolute atomic E-state index is 12.1. The molecule has 0 aliphatic carbocycles. The number of carbonyl (C=O) groups excluding carboxylic acids is 1. The van der Waals surface area contributed by atoms with E-state index in [4.69, 9.17) is 4.52 Å². The van der Waals surface area contributed by atoms with Gasteiger partial charge in [-0.2, -0.15) is 0 Å². The molecule has 1 atom stereocenters. The monoisotopic (exact) mass is 338 g/mol. The number of carbonyl (C=O) groups is 2. The fourth-order valence-corrected chi connectivity index (χ4v) is 2.66. The van der Waals surface area contributed by atoms with Gasteiger partial charge in [0.2, 0.25) is 5.91 Å². The topological polar surface area (TPSA) is 92.4 Å². The van der Waals surface area contributed by atoms with Crippen LogP contribution in [0, 0.1) is 5.92 Å². The molecule has 0 saturated carbocycles. The second-order valence-corrected chi connectivity index (χ2v) is 5.83. The van der Waals surface area contributed by atoms with Crippen LogP contribution < -0.4 is 5.32 Å². The third-order valence-electron chi connectivity index (χ3n) is 4.00. The summed E-state index contributed by atoms with van der Waals surface area (Å²) in [6.07, 6.45) is 0.415. The van der Waals surface area contributed by atoms with Gasteiger partial charge in [-0.15, -0.1) is 0 Å². The van der Waals surface area contributed by atoms with Crippen molar-refractivity contribution < 1.29 is 19.2 Å². The van der Waals surface area contributed by atoms with E-state index in [0.29, 0.717) is 17.7 Å². The molecule has 0 spiro atoms. The molecule has 0 unspecified atom stereocenters. The highest BCUT2D eigenvalue weighted by Crippen LogP contribution is 2.18.